The van der Waals surface area contributed by atoms with Crippen LogP contribution in [0.15, 0.2) is 48.5 Å². The van der Waals surface area contributed by atoms with Crippen LogP contribution < -0.4 is 16.0 Å². The summed E-state index contributed by atoms with van der Waals surface area (Å²) < 4.78 is 0. The number of aliphatic hydroxyl groups excluding tert-OH is 1. The lowest BCUT2D eigenvalue weighted by Gasteiger charge is -2.18. The molecule has 0 spiro atoms. The molecule has 1 aliphatic rings. The number of nitrogens with zero attached hydrogens (tertiary/aromatic N) is 1. The molecular weight excluding hydrogens is 278 g/mol. The number of hydrogen-bond donors (Lipinski definition) is 3. The topological polar surface area (TPSA) is 78.6 Å². The molecule has 0 saturated carbocycles. The van der Waals surface area contributed by atoms with Crippen molar-refractivity contribution < 1.29 is 9.90 Å². The third-order valence-corrected chi connectivity index (χ3v) is 3.87. The lowest BCUT2D eigenvalue weighted by atomic mass is 10.1. The number of para-hydroxylation sites is 2. The lowest BCUT2D eigenvalue weighted by Crippen LogP contribution is -2.21. The van der Waals surface area contributed by atoms with Crippen molar-refractivity contribution in [1.82, 2.24) is 0 Å². The third kappa shape index (κ3) is 3.04. The number of nitrogen functional groups attached to an aromatic ring is 1. The van der Waals surface area contributed by atoms with E-state index in [1.165, 1.54) is 0 Å². The van der Waals surface area contributed by atoms with E-state index in [0.29, 0.717) is 23.5 Å². The summed E-state index contributed by atoms with van der Waals surface area (Å²) in [6.45, 7) is 1.49. The quantitative estimate of drug-likeness (QED) is 0.758. The molecule has 0 unspecified atom stereocenters. The summed E-state index contributed by atoms with van der Waals surface area (Å²) in [6.07, 6.45) is 0.527. The van der Waals surface area contributed by atoms with Crippen LogP contribution in [-0.2, 0) is 0 Å². The molecule has 5 heteroatoms. The van der Waals surface area contributed by atoms with E-state index in [4.69, 9.17) is 5.73 Å². The number of anilines is 3. The first-order valence-corrected chi connectivity index (χ1v) is 7.32. The van der Waals surface area contributed by atoms with E-state index in [-0.39, 0.29) is 12.0 Å². The first-order valence-electron chi connectivity index (χ1n) is 7.32. The van der Waals surface area contributed by atoms with Crippen molar-refractivity contribution in [2.45, 2.75) is 12.5 Å². The molecule has 1 saturated heterocycles. The molecule has 3 rings (SSSR count). The van der Waals surface area contributed by atoms with Gasteiger partial charge in [0, 0.05) is 24.3 Å². The highest BCUT2D eigenvalue weighted by molar-refractivity contribution is 6.05. The van der Waals surface area contributed by atoms with Gasteiger partial charge in [-0.25, -0.2) is 0 Å². The minimum Gasteiger partial charge on any atom is -0.397 e. The largest absolute Gasteiger partial charge is 0.397 e. The molecule has 5 nitrogen and oxygen atoms in total. The van der Waals surface area contributed by atoms with Gasteiger partial charge >= 0.3 is 0 Å². The van der Waals surface area contributed by atoms with Gasteiger partial charge in [0.05, 0.1) is 17.5 Å². The summed E-state index contributed by atoms with van der Waals surface area (Å²) in [5.41, 5.74) is 8.57. The summed E-state index contributed by atoms with van der Waals surface area (Å²) in [5.74, 6) is -0.189. The van der Waals surface area contributed by atoms with Gasteiger partial charge in [-0.05, 0) is 42.8 Å². The van der Waals surface area contributed by atoms with Gasteiger partial charge in [0.15, 0.2) is 0 Å². The van der Waals surface area contributed by atoms with Crippen molar-refractivity contribution in [3.63, 3.8) is 0 Å². The van der Waals surface area contributed by atoms with Crippen LogP contribution in [-0.4, -0.2) is 30.2 Å². The van der Waals surface area contributed by atoms with Gasteiger partial charge in [-0.3, -0.25) is 4.79 Å². The maximum atomic E-state index is 12.2. The van der Waals surface area contributed by atoms with Gasteiger partial charge in [-0.2, -0.15) is 0 Å². The van der Waals surface area contributed by atoms with Gasteiger partial charge in [-0.1, -0.05) is 12.1 Å². The molecule has 0 radical (unpaired) electrons. The molecule has 0 aliphatic carbocycles. The number of carbonyl (C=O) groups is 1. The highest BCUT2D eigenvalue weighted by Crippen LogP contribution is 2.22. The third-order valence-electron chi connectivity index (χ3n) is 3.87. The minimum absolute atomic E-state index is 0.189. The van der Waals surface area contributed by atoms with Crippen LogP contribution in [0.4, 0.5) is 17.1 Å². The van der Waals surface area contributed by atoms with E-state index >= 15 is 0 Å². The fraction of sp³-hybridized carbons (Fsp3) is 0.235. The normalized spacial score (nSPS) is 17.5. The molecule has 0 aromatic heterocycles. The first-order chi connectivity index (χ1) is 10.6. The standard InChI is InChI=1S/C17H19N3O2/c18-15-3-1-2-4-16(15)19-17(22)12-5-7-13(8-6-12)20-10-9-14(21)11-20/h1-8,14,21H,9-11,18H2,(H,19,22)/t14-/m1/s1. The van der Waals surface area contributed by atoms with E-state index in [1.54, 1.807) is 24.3 Å². The highest BCUT2D eigenvalue weighted by Gasteiger charge is 2.20. The summed E-state index contributed by atoms with van der Waals surface area (Å²) in [5, 5.41) is 12.4. The SMILES string of the molecule is Nc1ccccc1NC(=O)c1ccc(N2CC[C@@H](O)C2)cc1. The Morgan fingerprint density at radius 2 is 1.91 bits per heavy atom. The maximum Gasteiger partial charge on any atom is 0.255 e. The molecule has 4 N–H and O–H groups in total. The number of hydrogen-bond acceptors (Lipinski definition) is 4. The van der Waals surface area contributed by atoms with Gasteiger partial charge in [0.2, 0.25) is 0 Å². The average molecular weight is 297 g/mol. The van der Waals surface area contributed by atoms with E-state index in [9.17, 15) is 9.90 Å². The van der Waals surface area contributed by atoms with Crippen LogP contribution in [0.1, 0.15) is 16.8 Å². The Labute approximate surface area is 129 Å². The average Bonchev–Trinajstić information content (AvgIpc) is 2.96. The van der Waals surface area contributed by atoms with Crippen LogP contribution in [0, 0.1) is 0 Å². The number of rotatable bonds is 3. The van der Waals surface area contributed by atoms with Crippen molar-refractivity contribution in [2.75, 3.05) is 29.0 Å². The summed E-state index contributed by atoms with van der Waals surface area (Å²) in [4.78, 5) is 14.3. The Bertz CT molecular complexity index is 670. The van der Waals surface area contributed by atoms with E-state index < -0.39 is 0 Å². The molecule has 1 aliphatic heterocycles. The van der Waals surface area contributed by atoms with Crippen molar-refractivity contribution >= 4 is 23.0 Å². The van der Waals surface area contributed by atoms with Gasteiger partial charge in [0.1, 0.15) is 0 Å². The van der Waals surface area contributed by atoms with Crippen molar-refractivity contribution in [1.29, 1.82) is 0 Å². The maximum absolute atomic E-state index is 12.2. The zero-order valence-corrected chi connectivity index (χ0v) is 12.2. The molecule has 0 bridgehead atoms. The number of amides is 1. The van der Waals surface area contributed by atoms with Gasteiger partial charge in [0.25, 0.3) is 5.91 Å². The molecule has 1 amide bonds. The predicted molar refractivity (Wildman–Crippen MR) is 88.1 cm³/mol. The Balaban J connectivity index is 1.70. The summed E-state index contributed by atoms with van der Waals surface area (Å²) in [6, 6.07) is 14.5. The van der Waals surface area contributed by atoms with Crippen LogP contribution in [0.2, 0.25) is 0 Å². The predicted octanol–water partition coefficient (Wildman–Crippen LogP) is 2.09. The Morgan fingerprint density at radius 3 is 2.55 bits per heavy atom. The second-order valence-corrected chi connectivity index (χ2v) is 5.48. The second-order valence-electron chi connectivity index (χ2n) is 5.48. The number of nitrogens with one attached hydrogen (secondary N) is 1. The highest BCUT2D eigenvalue weighted by atomic mass is 16.3. The first kappa shape index (κ1) is 14.4. The molecule has 22 heavy (non-hydrogen) atoms. The number of nitrogens with two attached hydrogens (primary N) is 1. The monoisotopic (exact) mass is 297 g/mol. The fourth-order valence-electron chi connectivity index (χ4n) is 2.61. The van der Waals surface area contributed by atoms with Crippen molar-refractivity contribution in [3.8, 4) is 0 Å². The van der Waals surface area contributed by atoms with Crippen molar-refractivity contribution in [2.24, 2.45) is 0 Å². The Kier molecular flexibility index (Phi) is 3.98. The molecular formula is C17H19N3O2. The fourth-order valence-corrected chi connectivity index (χ4v) is 2.61. The lowest BCUT2D eigenvalue weighted by molar-refractivity contribution is 0.102. The van der Waals surface area contributed by atoms with E-state index in [2.05, 4.69) is 10.2 Å². The molecule has 1 heterocycles. The Morgan fingerprint density at radius 1 is 1.18 bits per heavy atom. The number of β-amino-alcohol motifs (C(OH)–C–C–N with tert-alkyl or cyclic N) is 1. The van der Waals surface area contributed by atoms with Crippen LogP contribution in [0.25, 0.3) is 0 Å². The molecule has 2 aromatic carbocycles. The zero-order valence-electron chi connectivity index (χ0n) is 12.2. The van der Waals surface area contributed by atoms with Crippen molar-refractivity contribution in [3.05, 3.63) is 54.1 Å². The van der Waals surface area contributed by atoms with Gasteiger partial charge in [-0.15, -0.1) is 0 Å². The number of aliphatic hydroxyl groups is 1. The van der Waals surface area contributed by atoms with E-state index in [0.717, 1.165) is 18.7 Å². The summed E-state index contributed by atoms with van der Waals surface area (Å²) >= 11 is 0. The summed E-state index contributed by atoms with van der Waals surface area (Å²) in [7, 11) is 0. The molecule has 1 fully saturated rings. The van der Waals surface area contributed by atoms with E-state index in [1.807, 2.05) is 24.3 Å². The van der Waals surface area contributed by atoms with Crippen LogP contribution in [0.3, 0.4) is 0 Å². The Hall–Kier alpha value is -2.53. The van der Waals surface area contributed by atoms with Crippen LogP contribution >= 0.6 is 0 Å². The minimum atomic E-state index is -0.260. The number of benzene rings is 2. The number of carbonyl (C=O) groups excluding carboxylic acids is 1. The molecule has 2 aromatic rings. The molecule has 114 valence electrons. The smallest absolute Gasteiger partial charge is 0.255 e. The zero-order chi connectivity index (χ0) is 15.5. The second kappa shape index (κ2) is 6.07. The van der Waals surface area contributed by atoms with Crippen LogP contribution in [0.5, 0.6) is 0 Å². The van der Waals surface area contributed by atoms with Gasteiger partial charge < -0.3 is 21.1 Å². The molecule has 1 atom stereocenters.